The van der Waals surface area contributed by atoms with Crippen LogP contribution >= 0.6 is 0 Å². The van der Waals surface area contributed by atoms with Crippen molar-refractivity contribution in [2.24, 2.45) is 0 Å². The van der Waals surface area contributed by atoms with Gasteiger partial charge in [0, 0.05) is 30.7 Å². The molecule has 1 aliphatic carbocycles. The van der Waals surface area contributed by atoms with Crippen molar-refractivity contribution in [1.29, 1.82) is 0 Å². The summed E-state index contributed by atoms with van der Waals surface area (Å²) in [5.41, 5.74) is 9.08. The van der Waals surface area contributed by atoms with Crippen LogP contribution in [0.1, 0.15) is 42.9 Å². The molecule has 2 heterocycles. The molecule has 2 aliphatic rings. The van der Waals surface area contributed by atoms with Crippen LogP contribution in [0, 0.1) is 6.92 Å². The van der Waals surface area contributed by atoms with Gasteiger partial charge in [-0.1, -0.05) is 0 Å². The Kier molecular flexibility index (Phi) is 4.22. The van der Waals surface area contributed by atoms with Crippen molar-refractivity contribution in [3.05, 3.63) is 23.5 Å². The summed E-state index contributed by atoms with van der Waals surface area (Å²) in [4.78, 5) is 7.19. The van der Waals surface area contributed by atoms with Crippen molar-refractivity contribution in [1.82, 2.24) is 9.88 Å². The quantitative estimate of drug-likeness (QED) is 0.900. The van der Waals surface area contributed by atoms with Crippen molar-refractivity contribution in [2.75, 3.05) is 32.0 Å². The highest BCUT2D eigenvalue weighted by molar-refractivity contribution is 5.40. The molecule has 0 unspecified atom stereocenters. The van der Waals surface area contributed by atoms with Crippen LogP contribution in [0.2, 0.25) is 0 Å². The lowest BCUT2D eigenvalue weighted by Gasteiger charge is -2.38. The molecule has 2 N–H and O–H groups in total. The fourth-order valence-corrected chi connectivity index (χ4v) is 3.69. The molecule has 1 saturated heterocycles. The predicted molar refractivity (Wildman–Crippen MR) is 80.8 cm³/mol. The van der Waals surface area contributed by atoms with E-state index in [2.05, 4.69) is 22.9 Å². The van der Waals surface area contributed by atoms with Crippen LogP contribution in [0.3, 0.4) is 0 Å². The summed E-state index contributed by atoms with van der Waals surface area (Å²) in [6.45, 7) is 6.15. The average molecular weight is 275 g/mol. The van der Waals surface area contributed by atoms with Gasteiger partial charge in [0.15, 0.2) is 0 Å². The fourth-order valence-electron chi connectivity index (χ4n) is 3.69. The van der Waals surface area contributed by atoms with Crippen molar-refractivity contribution in [3.8, 4) is 0 Å². The van der Waals surface area contributed by atoms with Crippen LogP contribution in [-0.2, 0) is 4.74 Å². The number of hydrogen-bond donors (Lipinski definition) is 1. The number of nitrogen functional groups attached to an aromatic ring is 1. The topological polar surface area (TPSA) is 51.4 Å². The predicted octanol–water partition coefficient (Wildman–Crippen LogP) is 2.33. The van der Waals surface area contributed by atoms with Gasteiger partial charge in [0.05, 0.1) is 25.1 Å². The van der Waals surface area contributed by atoms with E-state index in [1.54, 1.807) is 6.20 Å². The lowest BCUT2D eigenvalue weighted by atomic mass is 9.82. The Morgan fingerprint density at radius 3 is 2.55 bits per heavy atom. The van der Waals surface area contributed by atoms with Gasteiger partial charge in [0.2, 0.25) is 0 Å². The Labute approximate surface area is 121 Å². The second kappa shape index (κ2) is 6.10. The molecule has 20 heavy (non-hydrogen) atoms. The third-order valence-electron chi connectivity index (χ3n) is 4.79. The van der Waals surface area contributed by atoms with E-state index < -0.39 is 0 Å². The number of nitrogens with zero attached hydrogens (tertiary/aromatic N) is 2. The highest BCUT2D eigenvalue weighted by Gasteiger charge is 2.28. The van der Waals surface area contributed by atoms with E-state index in [4.69, 9.17) is 10.5 Å². The Balaban J connectivity index is 1.60. The van der Waals surface area contributed by atoms with E-state index in [0.717, 1.165) is 38.0 Å². The van der Waals surface area contributed by atoms with Gasteiger partial charge >= 0.3 is 0 Å². The van der Waals surface area contributed by atoms with Gasteiger partial charge in [-0.15, -0.1) is 0 Å². The van der Waals surface area contributed by atoms with E-state index in [9.17, 15) is 0 Å². The van der Waals surface area contributed by atoms with Crippen LogP contribution < -0.4 is 5.73 Å². The number of ether oxygens (including phenoxy) is 1. The lowest BCUT2D eigenvalue weighted by Crippen LogP contribution is -2.44. The molecule has 0 bridgehead atoms. The third-order valence-corrected chi connectivity index (χ3v) is 4.79. The van der Waals surface area contributed by atoms with Crippen molar-refractivity contribution in [3.63, 3.8) is 0 Å². The second-order valence-electron chi connectivity index (χ2n) is 6.12. The first-order valence-corrected chi connectivity index (χ1v) is 7.78. The van der Waals surface area contributed by atoms with Gasteiger partial charge in [-0.25, -0.2) is 0 Å². The highest BCUT2D eigenvalue weighted by Crippen LogP contribution is 2.35. The molecular formula is C16H25N3O. The van der Waals surface area contributed by atoms with Gasteiger partial charge in [-0.05, 0) is 44.2 Å². The molecule has 1 saturated carbocycles. The smallest absolute Gasteiger partial charge is 0.0594 e. The monoisotopic (exact) mass is 275 g/mol. The second-order valence-corrected chi connectivity index (χ2v) is 6.12. The minimum Gasteiger partial charge on any atom is -0.397 e. The molecule has 1 aromatic heterocycles. The van der Waals surface area contributed by atoms with E-state index >= 15 is 0 Å². The van der Waals surface area contributed by atoms with Crippen LogP contribution in [0.5, 0.6) is 0 Å². The summed E-state index contributed by atoms with van der Waals surface area (Å²) in [7, 11) is 0. The fraction of sp³-hybridized carbons (Fsp3) is 0.688. The number of aromatic nitrogens is 1. The standard InChI is InChI=1S/C16H25N3O/c1-12-10-14(17)11-18-16(12)13-2-4-15(5-3-13)19-6-8-20-9-7-19/h10-11,13,15H,2-9,17H2,1H3. The first-order valence-electron chi connectivity index (χ1n) is 7.78. The van der Waals surface area contributed by atoms with Crippen LogP contribution in [-0.4, -0.2) is 42.2 Å². The van der Waals surface area contributed by atoms with E-state index in [1.807, 2.05) is 0 Å². The van der Waals surface area contributed by atoms with Crippen LogP contribution in [0.15, 0.2) is 12.3 Å². The first kappa shape index (κ1) is 13.8. The molecule has 0 radical (unpaired) electrons. The number of nitrogens with two attached hydrogens (primary N) is 1. The third kappa shape index (κ3) is 2.96. The van der Waals surface area contributed by atoms with E-state index in [1.165, 1.54) is 36.9 Å². The summed E-state index contributed by atoms with van der Waals surface area (Å²) in [5.74, 6) is 0.618. The van der Waals surface area contributed by atoms with Crippen LogP contribution in [0.25, 0.3) is 0 Å². The average Bonchev–Trinajstić information content (AvgIpc) is 2.48. The van der Waals surface area contributed by atoms with Crippen LogP contribution in [0.4, 0.5) is 5.69 Å². The number of morpholine rings is 1. The first-order chi connectivity index (χ1) is 9.74. The molecule has 1 aromatic rings. The van der Waals surface area contributed by atoms with Gasteiger partial charge in [-0.2, -0.15) is 0 Å². The summed E-state index contributed by atoms with van der Waals surface area (Å²) in [6.07, 6.45) is 6.88. The molecule has 0 atom stereocenters. The number of anilines is 1. The summed E-state index contributed by atoms with van der Waals surface area (Å²) in [5, 5.41) is 0. The number of pyridine rings is 1. The maximum atomic E-state index is 5.80. The summed E-state index contributed by atoms with van der Waals surface area (Å²) in [6, 6.07) is 2.81. The number of aryl methyl sites for hydroxylation is 1. The maximum absolute atomic E-state index is 5.80. The Hall–Kier alpha value is -1.13. The molecule has 110 valence electrons. The zero-order valence-electron chi connectivity index (χ0n) is 12.3. The van der Waals surface area contributed by atoms with Gasteiger partial charge in [0.25, 0.3) is 0 Å². The normalized spacial score (nSPS) is 28.4. The number of hydrogen-bond acceptors (Lipinski definition) is 4. The molecule has 4 nitrogen and oxygen atoms in total. The molecular weight excluding hydrogens is 250 g/mol. The van der Waals surface area contributed by atoms with Gasteiger partial charge in [-0.3, -0.25) is 9.88 Å². The summed E-state index contributed by atoms with van der Waals surface area (Å²) < 4.78 is 5.44. The molecule has 0 amide bonds. The van der Waals surface area contributed by atoms with Gasteiger partial charge in [0.1, 0.15) is 0 Å². The Morgan fingerprint density at radius 2 is 1.90 bits per heavy atom. The largest absolute Gasteiger partial charge is 0.397 e. The molecule has 1 aliphatic heterocycles. The SMILES string of the molecule is Cc1cc(N)cnc1C1CCC(N2CCOCC2)CC1. The van der Waals surface area contributed by atoms with E-state index in [0.29, 0.717) is 5.92 Å². The summed E-state index contributed by atoms with van der Waals surface area (Å²) >= 11 is 0. The minimum atomic E-state index is 0.618. The highest BCUT2D eigenvalue weighted by atomic mass is 16.5. The Bertz CT molecular complexity index is 449. The molecule has 4 heteroatoms. The lowest BCUT2D eigenvalue weighted by molar-refractivity contribution is 0.00720. The zero-order chi connectivity index (χ0) is 13.9. The zero-order valence-corrected chi connectivity index (χ0v) is 12.3. The molecule has 0 spiro atoms. The van der Waals surface area contributed by atoms with Crippen molar-refractivity contribution < 1.29 is 4.74 Å². The minimum absolute atomic E-state index is 0.618. The molecule has 3 rings (SSSR count). The van der Waals surface area contributed by atoms with Gasteiger partial charge < -0.3 is 10.5 Å². The van der Waals surface area contributed by atoms with Crippen molar-refractivity contribution in [2.45, 2.75) is 44.6 Å². The molecule has 0 aromatic carbocycles. The van der Waals surface area contributed by atoms with Crippen molar-refractivity contribution >= 4 is 5.69 Å². The number of rotatable bonds is 2. The Morgan fingerprint density at radius 1 is 1.20 bits per heavy atom. The molecule has 2 fully saturated rings. The van der Waals surface area contributed by atoms with E-state index in [-0.39, 0.29) is 0 Å². The maximum Gasteiger partial charge on any atom is 0.0594 e.